The Labute approximate surface area is 76.7 Å². The summed E-state index contributed by atoms with van der Waals surface area (Å²) in [6, 6.07) is 11.7. The van der Waals surface area contributed by atoms with Gasteiger partial charge in [0.2, 0.25) is 0 Å². The summed E-state index contributed by atoms with van der Waals surface area (Å²) in [6.45, 7) is 3.02. The van der Waals surface area contributed by atoms with Crippen LogP contribution in [0.3, 0.4) is 0 Å². The predicted octanol–water partition coefficient (Wildman–Crippen LogP) is 2.12. The van der Waals surface area contributed by atoms with E-state index in [-0.39, 0.29) is 9.76 Å². The highest BCUT2D eigenvalue weighted by Gasteiger charge is 1.90. The third-order valence-corrected chi connectivity index (χ3v) is 3.24. The van der Waals surface area contributed by atoms with E-state index in [1.165, 1.54) is 18.0 Å². The summed E-state index contributed by atoms with van der Waals surface area (Å²) in [4.78, 5) is 0. The lowest BCUT2D eigenvalue weighted by molar-refractivity contribution is 0.323. The maximum atomic E-state index is 5.60. The number of benzene rings is 1. The van der Waals surface area contributed by atoms with Gasteiger partial charge in [-0.2, -0.15) is 0 Å². The van der Waals surface area contributed by atoms with Crippen LogP contribution in [0.2, 0.25) is 6.04 Å². The van der Waals surface area contributed by atoms with Crippen LogP contribution in [0.15, 0.2) is 30.3 Å². The Morgan fingerprint density at radius 3 is 2.67 bits per heavy atom. The van der Waals surface area contributed by atoms with Crippen molar-refractivity contribution in [1.82, 2.24) is 0 Å². The van der Waals surface area contributed by atoms with E-state index in [2.05, 4.69) is 31.2 Å². The molecule has 0 saturated heterocycles. The summed E-state index contributed by atoms with van der Waals surface area (Å²) in [5.41, 5.74) is 1.29. The smallest absolute Gasteiger partial charge is 0.162 e. The monoisotopic (exact) mass is 180 g/mol. The van der Waals surface area contributed by atoms with Gasteiger partial charge in [0.25, 0.3) is 0 Å². The van der Waals surface area contributed by atoms with E-state index in [9.17, 15) is 0 Å². The molecule has 0 aliphatic rings. The van der Waals surface area contributed by atoms with E-state index < -0.39 is 0 Å². The molecule has 0 heterocycles. The van der Waals surface area contributed by atoms with E-state index in [0.717, 1.165) is 6.61 Å². The average molecular weight is 180 g/mol. The fourth-order valence-corrected chi connectivity index (χ4v) is 1.88. The average Bonchev–Trinajstić information content (AvgIpc) is 2.14. The first kappa shape index (κ1) is 9.48. The van der Waals surface area contributed by atoms with Crippen LogP contribution in [-0.2, 0) is 11.0 Å². The molecule has 66 valence electrons. The number of hydrogen-bond donors (Lipinski definition) is 0. The zero-order valence-electron chi connectivity index (χ0n) is 7.62. The van der Waals surface area contributed by atoms with Crippen molar-refractivity contribution >= 4 is 9.76 Å². The number of rotatable bonds is 5. The molecule has 1 rings (SSSR count). The highest BCUT2D eigenvalue weighted by atomic mass is 28.2. The highest BCUT2D eigenvalue weighted by Crippen LogP contribution is 2.00. The minimum Gasteiger partial charge on any atom is -0.420 e. The van der Waals surface area contributed by atoms with Crippen LogP contribution >= 0.6 is 0 Å². The van der Waals surface area contributed by atoms with Gasteiger partial charge in [0.1, 0.15) is 0 Å². The molecule has 0 aliphatic carbocycles. The van der Waals surface area contributed by atoms with Crippen molar-refractivity contribution in [2.45, 2.75) is 26.0 Å². The van der Waals surface area contributed by atoms with E-state index in [4.69, 9.17) is 4.43 Å². The Kier molecular flexibility index (Phi) is 4.72. The Morgan fingerprint density at radius 2 is 2.00 bits per heavy atom. The molecule has 0 N–H and O–H groups in total. The van der Waals surface area contributed by atoms with Gasteiger partial charge in [0, 0.05) is 0 Å². The van der Waals surface area contributed by atoms with E-state index in [0.29, 0.717) is 0 Å². The first-order chi connectivity index (χ1) is 5.93. The second-order valence-corrected chi connectivity index (χ2v) is 4.42. The maximum Gasteiger partial charge on any atom is 0.162 e. The van der Waals surface area contributed by atoms with Gasteiger partial charge in [-0.05, 0) is 11.6 Å². The summed E-state index contributed by atoms with van der Waals surface area (Å²) < 4.78 is 5.60. The molecular weight excluding hydrogens is 164 g/mol. The molecule has 1 nitrogen and oxygen atoms in total. The molecule has 0 spiro atoms. The first-order valence-corrected chi connectivity index (χ1v) is 6.13. The maximum absolute atomic E-state index is 5.60. The molecule has 0 bridgehead atoms. The molecule has 0 fully saturated rings. The second-order valence-electron chi connectivity index (χ2n) is 2.89. The number of hydrogen-bond acceptors (Lipinski definition) is 1. The largest absolute Gasteiger partial charge is 0.420 e. The van der Waals surface area contributed by atoms with Gasteiger partial charge < -0.3 is 4.43 Å². The SMILES string of the molecule is CCC[SiH2]OCc1ccccc1. The van der Waals surface area contributed by atoms with Crippen molar-refractivity contribution in [3.63, 3.8) is 0 Å². The Morgan fingerprint density at radius 1 is 1.25 bits per heavy atom. The lowest BCUT2D eigenvalue weighted by atomic mass is 10.2. The van der Waals surface area contributed by atoms with Crippen molar-refractivity contribution in [3.05, 3.63) is 35.9 Å². The van der Waals surface area contributed by atoms with E-state index in [1.54, 1.807) is 0 Å². The van der Waals surface area contributed by atoms with Crippen LogP contribution in [0.5, 0.6) is 0 Å². The Hall–Kier alpha value is -0.603. The molecule has 0 aromatic heterocycles. The van der Waals surface area contributed by atoms with Crippen molar-refractivity contribution in [2.24, 2.45) is 0 Å². The molecule has 2 heteroatoms. The first-order valence-electron chi connectivity index (χ1n) is 4.55. The molecule has 0 saturated carbocycles. The van der Waals surface area contributed by atoms with Crippen LogP contribution < -0.4 is 0 Å². The summed E-state index contributed by atoms with van der Waals surface area (Å²) in [6.07, 6.45) is 1.26. The highest BCUT2D eigenvalue weighted by molar-refractivity contribution is 6.26. The zero-order chi connectivity index (χ0) is 8.65. The van der Waals surface area contributed by atoms with Crippen LogP contribution in [-0.4, -0.2) is 9.76 Å². The van der Waals surface area contributed by atoms with Crippen molar-refractivity contribution < 1.29 is 4.43 Å². The summed E-state index contributed by atoms with van der Waals surface area (Å²) in [7, 11) is -0.233. The van der Waals surface area contributed by atoms with Gasteiger partial charge in [-0.3, -0.25) is 0 Å². The third-order valence-electron chi connectivity index (χ3n) is 1.75. The molecule has 0 radical (unpaired) electrons. The molecule has 0 amide bonds. The second kappa shape index (κ2) is 5.97. The topological polar surface area (TPSA) is 9.23 Å². The fraction of sp³-hybridized carbons (Fsp3) is 0.400. The summed E-state index contributed by atoms with van der Waals surface area (Å²) in [5, 5.41) is 0. The van der Waals surface area contributed by atoms with E-state index >= 15 is 0 Å². The molecule has 0 aliphatic heterocycles. The predicted molar refractivity (Wildman–Crippen MR) is 54.9 cm³/mol. The summed E-state index contributed by atoms with van der Waals surface area (Å²) in [5.74, 6) is 0. The quantitative estimate of drug-likeness (QED) is 0.498. The van der Waals surface area contributed by atoms with Gasteiger partial charge in [0.05, 0.1) is 6.61 Å². The van der Waals surface area contributed by atoms with Crippen molar-refractivity contribution in [3.8, 4) is 0 Å². The zero-order valence-corrected chi connectivity index (χ0v) is 9.04. The van der Waals surface area contributed by atoms with Crippen molar-refractivity contribution in [1.29, 1.82) is 0 Å². The molecule has 0 atom stereocenters. The lowest BCUT2D eigenvalue weighted by Gasteiger charge is -2.02. The van der Waals surface area contributed by atoms with Gasteiger partial charge in [-0.25, -0.2) is 0 Å². The standard InChI is InChI=1S/C10H16OSi/c1-2-8-12-11-9-10-6-4-3-5-7-10/h3-7H,2,8-9,12H2,1H3. The van der Waals surface area contributed by atoms with Crippen LogP contribution in [0.25, 0.3) is 0 Å². The molecule has 12 heavy (non-hydrogen) atoms. The minimum absolute atomic E-state index is 0.233. The normalized spacial score (nSPS) is 11.1. The van der Waals surface area contributed by atoms with Crippen molar-refractivity contribution in [2.75, 3.05) is 0 Å². The Bertz CT molecular complexity index is 198. The molecular formula is C10H16OSi. The Balaban J connectivity index is 2.16. The third kappa shape index (κ3) is 3.69. The fourth-order valence-electron chi connectivity index (χ4n) is 1.01. The van der Waals surface area contributed by atoms with Gasteiger partial charge >= 0.3 is 0 Å². The lowest BCUT2D eigenvalue weighted by Crippen LogP contribution is -1.97. The molecule has 0 unspecified atom stereocenters. The summed E-state index contributed by atoms with van der Waals surface area (Å²) >= 11 is 0. The van der Waals surface area contributed by atoms with Gasteiger partial charge in [-0.1, -0.05) is 43.7 Å². The van der Waals surface area contributed by atoms with Crippen LogP contribution in [0.1, 0.15) is 18.9 Å². The van der Waals surface area contributed by atoms with Gasteiger partial charge in [0.15, 0.2) is 9.76 Å². The van der Waals surface area contributed by atoms with Crippen LogP contribution in [0.4, 0.5) is 0 Å². The molecule has 1 aromatic carbocycles. The molecule has 1 aromatic rings. The van der Waals surface area contributed by atoms with Crippen LogP contribution in [0, 0.1) is 0 Å². The van der Waals surface area contributed by atoms with E-state index in [1.807, 2.05) is 6.07 Å². The minimum atomic E-state index is -0.233. The van der Waals surface area contributed by atoms with Gasteiger partial charge in [-0.15, -0.1) is 0 Å².